The van der Waals surface area contributed by atoms with Gasteiger partial charge in [-0.25, -0.2) is 0 Å². The van der Waals surface area contributed by atoms with Crippen LogP contribution in [0.1, 0.15) is 41.0 Å². The predicted molar refractivity (Wildman–Crippen MR) is 75.1 cm³/mol. The van der Waals surface area contributed by atoms with E-state index < -0.39 is 0 Å². The zero-order valence-electron chi connectivity index (χ0n) is 11.3. The van der Waals surface area contributed by atoms with Gasteiger partial charge in [-0.15, -0.1) is 0 Å². The third kappa shape index (κ3) is 2.71. The fraction of sp³-hybridized carbons (Fsp3) is 0.692. The van der Waals surface area contributed by atoms with Gasteiger partial charge in [0.25, 0.3) is 5.91 Å². The van der Waals surface area contributed by atoms with E-state index in [1.807, 2.05) is 30.5 Å². The number of thioether (sulfide) groups is 1. The smallest absolute Gasteiger partial charge is 0.257 e. The number of likely N-dealkylation sites (tertiary alicyclic amines) is 1. The molecule has 2 heterocycles. The molecule has 0 spiro atoms. The summed E-state index contributed by atoms with van der Waals surface area (Å²) in [6.07, 6.45) is 5.58. The van der Waals surface area contributed by atoms with Crippen molar-refractivity contribution in [2.75, 3.05) is 19.3 Å². The van der Waals surface area contributed by atoms with Crippen LogP contribution in [0, 0.1) is 13.8 Å². The zero-order valence-corrected chi connectivity index (χ0v) is 12.1. The Hall–Kier alpha value is -0.970. The van der Waals surface area contributed by atoms with Crippen molar-refractivity contribution in [2.24, 2.45) is 0 Å². The first-order valence-corrected chi connectivity index (χ1v) is 7.76. The molecule has 1 fully saturated rings. The molecule has 1 saturated heterocycles. The third-order valence-electron chi connectivity index (χ3n) is 3.64. The van der Waals surface area contributed by atoms with Gasteiger partial charge in [0, 0.05) is 24.0 Å². The van der Waals surface area contributed by atoms with Crippen LogP contribution in [0.15, 0.2) is 0 Å². The number of hydrogen-bond acceptors (Lipinski definition) is 3. The normalized spacial score (nSPS) is 20.8. The highest BCUT2D eigenvalue weighted by atomic mass is 32.2. The number of aryl methyl sites for hydroxylation is 2. The Morgan fingerprint density at radius 2 is 2.17 bits per heavy atom. The summed E-state index contributed by atoms with van der Waals surface area (Å²) in [7, 11) is 0. The first-order valence-electron chi connectivity index (χ1n) is 6.47. The molecular formula is C13H21N3OS. The van der Waals surface area contributed by atoms with E-state index in [4.69, 9.17) is 0 Å². The largest absolute Gasteiger partial charge is 0.338 e. The molecule has 100 valence electrons. The molecule has 1 amide bonds. The van der Waals surface area contributed by atoms with E-state index in [-0.39, 0.29) is 5.91 Å². The Bertz CT molecular complexity index is 410. The lowest BCUT2D eigenvalue weighted by Crippen LogP contribution is -2.32. The van der Waals surface area contributed by atoms with Gasteiger partial charge in [0.2, 0.25) is 0 Å². The van der Waals surface area contributed by atoms with Gasteiger partial charge >= 0.3 is 0 Å². The number of H-pyrrole nitrogens is 1. The Labute approximate surface area is 113 Å². The fourth-order valence-electron chi connectivity index (χ4n) is 2.53. The molecule has 5 heteroatoms. The van der Waals surface area contributed by atoms with Crippen molar-refractivity contribution >= 4 is 17.7 Å². The second kappa shape index (κ2) is 5.78. The van der Waals surface area contributed by atoms with Crippen LogP contribution >= 0.6 is 11.8 Å². The number of hydrogen-bond donors (Lipinski definition) is 1. The van der Waals surface area contributed by atoms with Crippen LogP contribution in [-0.2, 0) is 0 Å². The molecule has 1 aromatic rings. The number of aromatic nitrogens is 2. The molecule has 1 unspecified atom stereocenters. The highest BCUT2D eigenvalue weighted by molar-refractivity contribution is 7.99. The molecule has 1 atom stereocenters. The molecule has 1 N–H and O–H groups in total. The first-order chi connectivity index (χ1) is 8.63. The number of rotatable bonds is 2. The minimum absolute atomic E-state index is 0.139. The minimum atomic E-state index is 0.139. The number of nitrogens with one attached hydrogen (secondary N) is 1. The summed E-state index contributed by atoms with van der Waals surface area (Å²) in [4.78, 5) is 14.5. The summed E-state index contributed by atoms with van der Waals surface area (Å²) in [6.45, 7) is 5.55. The second-order valence-corrected chi connectivity index (χ2v) is 6.03. The van der Waals surface area contributed by atoms with Gasteiger partial charge in [-0.2, -0.15) is 16.9 Å². The minimum Gasteiger partial charge on any atom is -0.338 e. The van der Waals surface area contributed by atoms with E-state index in [1.54, 1.807) is 0 Å². The van der Waals surface area contributed by atoms with E-state index in [0.717, 1.165) is 42.9 Å². The SMILES string of the molecule is CSC1CCCN(C(=O)c2c(C)n[nH]c2C)CC1. The van der Waals surface area contributed by atoms with Crippen molar-refractivity contribution in [3.8, 4) is 0 Å². The zero-order chi connectivity index (χ0) is 13.1. The van der Waals surface area contributed by atoms with Crippen molar-refractivity contribution in [2.45, 2.75) is 38.4 Å². The molecule has 1 aromatic heterocycles. The Balaban J connectivity index is 2.10. The van der Waals surface area contributed by atoms with Gasteiger partial charge < -0.3 is 4.90 Å². The summed E-state index contributed by atoms with van der Waals surface area (Å²) < 4.78 is 0. The molecule has 0 radical (unpaired) electrons. The lowest BCUT2D eigenvalue weighted by molar-refractivity contribution is 0.0760. The molecule has 18 heavy (non-hydrogen) atoms. The van der Waals surface area contributed by atoms with E-state index in [9.17, 15) is 4.79 Å². The summed E-state index contributed by atoms with van der Waals surface area (Å²) in [6, 6.07) is 0. The predicted octanol–water partition coefficient (Wildman–Crippen LogP) is 2.38. The van der Waals surface area contributed by atoms with E-state index in [1.165, 1.54) is 6.42 Å². The maximum atomic E-state index is 12.5. The van der Waals surface area contributed by atoms with E-state index in [2.05, 4.69) is 16.5 Å². The lowest BCUT2D eigenvalue weighted by atomic mass is 10.1. The molecule has 1 aliphatic heterocycles. The van der Waals surface area contributed by atoms with Crippen LogP contribution in [0.3, 0.4) is 0 Å². The Morgan fingerprint density at radius 1 is 1.39 bits per heavy atom. The van der Waals surface area contributed by atoms with Gasteiger partial charge in [-0.1, -0.05) is 0 Å². The van der Waals surface area contributed by atoms with Crippen LogP contribution in [0.4, 0.5) is 0 Å². The Morgan fingerprint density at radius 3 is 2.78 bits per heavy atom. The summed E-state index contributed by atoms with van der Waals surface area (Å²) >= 11 is 1.92. The monoisotopic (exact) mass is 267 g/mol. The van der Waals surface area contributed by atoms with Crippen molar-refractivity contribution in [1.29, 1.82) is 0 Å². The molecule has 0 bridgehead atoms. The van der Waals surface area contributed by atoms with Crippen molar-refractivity contribution < 1.29 is 4.79 Å². The van der Waals surface area contributed by atoms with E-state index in [0.29, 0.717) is 5.25 Å². The van der Waals surface area contributed by atoms with Crippen LogP contribution in [0.25, 0.3) is 0 Å². The topological polar surface area (TPSA) is 49.0 Å². The summed E-state index contributed by atoms with van der Waals surface area (Å²) in [5, 5.41) is 7.70. The molecule has 4 nitrogen and oxygen atoms in total. The third-order valence-corrected chi connectivity index (χ3v) is 4.78. The second-order valence-electron chi connectivity index (χ2n) is 4.89. The molecule has 0 aliphatic carbocycles. The Kier molecular flexibility index (Phi) is 4.32. The standard InChI is InChI=1S/C13H21N3OS/c1-9-12(10(2)15-14-9)13(17)16-7-4-5-11(18-3)6-8-16/h11H,4-8H2,1-3H3,(H,14,15). The van der Waals surface area contributed by atoms with Crippen molar-refractivity contribution in [3.05, 3.63) is 17.0 Å². The van der Waals surface area contributed by atoms with Gasteiger partial charge in [0.05, 0.1) is 11.3 Å². The van der Waals surface area contributed by atoms with Gasteiger partial charge in [-0.3, -0.25) is 9.89 Å². The quantitative estimate of drug-likeness (QED) is 0.895. The number of nitrogens with zero attached hydrogens (tertiary/aromatic N) is 2. The average molecular weight is 267 g/mol. The molecule has 0 aromatic carbocycles. The first kappa shape index (κ1) is 13.5. The molecule has 0 saturated carbocycles. The van der Waals surface area contributed by atoms with Crippen LogP contribution in [-0.4, -0.2) is 45.6 Å². The fourth-order valence-corrected chi connectivity index (χ4v) is 3.27. The average Bonchev–Trinajstić information content (AvgIpc) is 2.58. The molecule has 1 aliphatic rings. The summed E-state index contributed by atoms with van der Waals surface area (Å²) in [5.41, 5.74) is 2.45. The highest BCUT2D eigenvalue weighted by Gasteiger charge is 2.24. The van der Waals surface area contributed by atoms with Crippen molar-refractivity contribution in [3.63, 3.8) is 0 Å². The van der Waals surface area contributed by atoms with Gasteiger partial charge in [0.15, 0.2) is 0 Å². The number of amides is 1. The number of carbonyl (C=O) groups excluding carboxylic acids is 1. The molecule has 2 rings (SSSR count). The maximum absolute atomic E-state index is 12.5. The highest BCUT2D eigenvalue weighted by Crippen LogP contribution is 2.23. The number of aromatic amines is 1. The maximum Gasteiger partial charge on any atom is 0.257 e. The molecular weight excluding hydrogens is 246 g/mol. The van der Waals surface area contributed by atoms with Crippen molar-refractivity contribution in [1.82, 2.24) is 15.1 Å². The van der Waals surface area contributed by atoms with Gasteiger partial charge in [-0.05, 0) is 39.4 Å². The van der Waals surface area contributed by atoms with E-state index >= 15 is 0 Å². The number of carbonyl (C=O) groups is 1. The van der Waals surface area contributed by atoms with Crippen LogP contribution < -0.4 is 0 Å². The van der Waals surface area contributed by atoms with Crippen LogP contribution in [0.5, 0.6) is 0 Å². The van der Waals surface area contributed by atoms with Crippen LogP contribution in [0.2, 0.25) is 0 Å². The lowest BCUT2D eigenvalue weighted by Gasteiger charge is -2.20. The van der Waals surface area contributed by atoms with Gasteiger partial charge in [0.1, 0.15) is 0 Å². The summed E-state index contributed by atoms with van der Waals surface area (Å²) in [5.74, 6) is 0.139.